The predicted octanol–water partition coefficient (Wildman–Crippen LogP) is 3.90. The number of hydrogen-bond donors (Lipinski definition) is 0. The summed E-state index contributed by atoms with van der Waals surface area (Å²) in [7, 11) is -3.40. The highest BCUT2D eigenvalue weighted by Crippen LogP contribution is 2.22. The molecule has 0 aliphatic rings. The van der Waals surface area contributed by atoms with Gasteiger partial charge in [-0.15, -0.1) is 0 Å². The Morgan fingerprint density at radius 1 is 0.885 bits per heavy atom. The van der Waals surface area contributed by atoms with E-state index in [1.165, 1.54) is 6.07 Å². The maximum absolute atomic E-state index is 12.4. The summed E-state index contributed by atoms with van der Waals surface area (Å²) >= 11 is 0. The summed E-state index contributed by atoms with van der Waals surface area (Å²) in [6, 6.07) is 20.2. The highest BCUT2D eigenvalue weighted by Gasteiger charge is 2.14. The van der Waals surface area contributed by atoms with Crippen molar-refractivity contribution < 1.29 is 17.9 Å². The molecule has 132 valence electrons. The van der Waals surface area contributed by atoms with Gasteiger partial charge in [-0.25, -0.2) is 13.4 Å². The molecule has 1 aromatic heterocycles. The molecule has 5 nitrogen and oxygen atoms in total. The normalized spacial score (nSPS) is 11.1. The van der Waals surface area contributed by atoms with Gasteiger partial charge in [0, 0.05) is 17.2 Å². The molecule has 0 saturated carbocycles. The summed E-state index contributed by atoms with van der Waals surface area (Å²) in [4.78, 5) is 16.4. The van der Waals surface area contributed by atoms with Crippen molar-refractivity contribution in [2.45, 2.75) is 11.9 Å². The molecule has 0 radical (unpaired) electrons. The number of carbonyl (C=O) groups excluding carboxylic acids is 1. The Bertz CT molecular complexity index is 1010. The van der Waals surface area contributed by atoms with Crippen molar-refractivity contribution in [2.75, 3.05) is 5.75 Å². The van der Waals surface area contributed by atoms with Crippen molar-refractivity contribution in [2.24, 2.45) is 0 Å². The van der Waals surface area contributed by atoms with E-state index in [9.17, 15) is 13.2 Å². The van der Waals surface area contributed by atoms with Crippen molar-refractivity contribution in [3.05, 3.63) is 83.9 Å². The van der Waals surface area contributed by atoms with Crippen LogP contribution >= 0.6 is 0 Å². The second kappa shape index (κ2) is 7.49. The summed E-state index contributed by atoms with van der Waals surface area (Å²) < 4.78 is 29.4. The van der Waals surface area contributed by atoms with Gasteiger partial charge in [-0.1, -0.05) is 43.3 Å². The number of aromatic nitrogens is 1. The van der Waals surface area contributed by atoms with Crippen LogP contribution in [0.3, 0.4) is 0 Å². The SMILES string of the molecule is CCS(=O)(=O)c1cccc(Oc2ccc(C(=O)c3ccccc3)cc2)n1. The number of ketones is 1. The zero-order chi connectivity index (χ0) is 18.6. The second-order valence-corrected chi connectivity index (χ2v) is 7.76. The Morgan fingerprint density at radius 3 is 2.19 bits per heavy atom. The summed E-state index contributed by atoms with van der Waals surface area (Å²) in [5, 5.41) is -0.0200. The van der Waals surface area contributed by atoms with Crippen LogP contribution in [0.25, 0.3) is 0 Å². The highest BCUT2D eigenvalue weighted by molar-refractivity contribution is 7.91. The van der Waals surface area contributed by atoms with Gasteiger partial charge in [-0.3, -0.25) is 4.79 Å². The molecule has 3 aromatic rings. The Kier molecular flexibility index (Phi) is 5.14. The van der Waals surface area contributed by atoms with Gasteiger partial charge in [0.15, 0.2) is 20.6 Å². The fourth-order valence-electron chi connectivity index (χ4n) is 2.33. The maximum atomic E-state index is 12.4. The van der Waals surface area contributed by atoms with Crippen LogP contribution in [0.15, 0.2) is 77.8 Å². The minimum atomic E-state index is -3.40. The number of sulfone groups is 1. The maximum Gasteiger partial charge on any atom is 0.220 e. The second-order valence-electron chi connectivity index (χ2n) is 5.54. The van der Waals surface area contributed by atoms with E-state index in [0.29, 0.717) is 16.9 Å². The van der Waals surface area contributed by atoms with Gasteiger partial charge in [0.25, 0.3) is 0 Å². The van der Waals surface area contributed by atoms with Gasteiger partial charge in [-0.2, -0.15) is 0 Å². The molecule has 0 spiro atoms. The molecule has 26 heavy (non-hydrogen) atoms. The molecule has 0 N–H and O–H groups in total. The van der Waals surface area contributed by atoms with Gasteiger partial charge in [-0.05, 0) is 30.3 Å². The Balaban J connectivity index is 1.78. The Morgan fingerprint density at radius 2 is 1.54 bits per heavy atom. The van der Waals surface area contributed by atoms with E-state index in [1.54, 1.807) is 55.5 Å². The lowest BCUT2D eigenvalue weighted by molar-refractivity contribution is 0.103. The molecule has 0 saturated heterocycles. The summed E-state index contributed by atoms with van der Waals surface area (Å²) in [6.07, 6.45) is 0. The van der Waals surface area contributed by atoms with Crippen LogP contribution in [-0.2, 0) is 9.84 Å². The van der Waals surface area contributed by atoms with Crippen molar-refractivity contribution in [3.8, 4) is 11.6 Å². The number of rotatable bonds is 6. The monoisotopic (exact) mass is 367 g/mol. The van der Waals surface area contributed by atoms with Gasteiger partial charge in [0.05, 0.1) is 5.75 Å². The van der Waals surface area contributed by atoms with Gasteiger partial charge >= 0.3 is 0 Å². The van der Waals surface area contributed by atoms with Gasteiger partial charge < -0.3 is 4.74 Å². The third-order valence-corrected chi connectivity index (χ3v) is 5.40. The van der Waals surface area contributed by atoms with E-state index in [4.69, 9.17) is 4.74 Å². The first-order valence-corrected chi connectivity index (χ1v) is 9.72. The lowest BCUT2D eigenvalue weighted by Crippen LogP contribution is -2.06. The summed E-state index contributed by atoms with van der Waals surface area (Å²) in [5.41, 5.74) is 1.15. The molecule has 0 amide bonds. The fraction of sp³-hybridized carbons (Fsp3) is 0.100. The standard InChI is InChI=1S/C20H17NO4S/c1-2-26(23,24)19-10-6-9-18(21-19)25-17-13-11-16(12-14-17)20(22)15-7-4-3-5-8-15/h3-14H,2H2,1H3. The third kappa shape index (κ3) is 3.97. The van der Waals surface area contributed by atoms with E-state index in [2.05, 4.69) is 4.98 Å². The molecule has 3 rings (SSSR count). The lowest BCUT2D eigenvalue weighted by Gasteiger charge is -2.07. The van der Waals surface area contributed by atoms with E-state index in [0.717, 1.165) is 0 Å². The molecule has 0 bridgehead atoms. The summed E-state index contributed by atoms with van der Waals surface area (Å²) in [6.45, 7) is 1.56. The van der Waals surface area contributed by atoms with Crippen molar-refractivity contribution in [1.82, 2.24) is 4.98 Å². The largest absolute Gasteiger partial charge is 0.439 e. The van der Waals surface area contributed by atoms with Gasteiger partial charge in [0.2, 0.25) is 5.88 Å². The molecule has 0 aliphatic heterocycles. The minimum Gasteiger partial charge on any atom is -0.439 e. The smallest absolute Gasteiger partial charge is 0.220 e. The van der Waals surface area contributed by atoms with E-state index in [-0.39, 0.29) is 22.4 Å². The van der Waals surface area contributed by atoms with Crippen LogP contribution in [0, 0.1) is 0 Å². The topological polar surface area (TPSA) is 73.3 Å². The van der Waals surface area contributed by atoms with E-state index >= 15 is 0 Å². The number of pyridine rings is 1. The third-order valence-electron chi connectivity index (χ3n) is 3.77. The zero-order valence-electron chi connectivity index (χ0n) is 14.1. The van der Waals surface area contributed by atoms with Gasteiger partial charge in [0.1, 0.15) is 5.75 Å². The first-order chi connectivity index (χ1) is 12.5. The van der Waals surface area contributed by atoms with Crippen molar-refractivity contribution in [1.29, 1.82) is 0 Å². The number of benzene rings is 2. The lowest BCUT2D eigenvalue weighted by atomic mass is 10.0. The number of ether oxygens (including phenoxy) is 1. The van der Waals surface area contributed by atoms with Crippen LogP contribution in [0.4, 0.5) is 0 Å². The average Bonchev–Trinajstić information content (AvgIpc) is 2.69. The van der Waals surface area contributed by atoms with Crippen LogP contribution in [0.5, 0.6) is 11.6 Å². The molecule has 6 heteroatoms. The molecule has 1 heterocycles. The zero-order valence-corrected chi connectivity index (χ0v) is 14.9. The molecular weight excluding hydrogens is 350 g/mol. The first-order valence-electron chi connectivity index (χ1n) is 8.07. The van der Waals surface area contributed by atoms with Crippen molar-refractivity contribution >= 4 is 15.6 Å². The highest BCUT2D eigenvalue weighted by atomic mass is 32.2. The van der Waals surface area contributed by atoms with E-state index in [1.807, 2.05) is 18.2 Å². The molecule has 0 unspecified atom stereocenters. The molecule has 0 aliphatic carbocycles. The number of hydrogen-bond acceptors (Lipinski definition) is 5. The Hall–Kier alpha value is -2.99. The minimum absolute atomic E-state index is 0.0200. The number of carbonyl (C=O) groups is 1. The van der Waals surface area contributed by atoms with Crippen LogP contribution in [0.1, 0.15) is 22.8 Å². The Labute approximate surface area is 152 Å². The molecule has 2 aromatic carbocycles. The van der Waals surface area contributed by atoms with Crippen LogP contribution in [-0.4, -0.2) is 24.9 Å². The average molecular weight is 367 g/mol. The predicted molar refractivity (Wildman–Crippen MR) is 98.4 cm³/mol. The van der Waals surface area contributed by atoms with Crippen molar-refractivity contribution in [3.63, 3.8) is 0 Å². The van der Waals surface area contributed by atoms with Crippen LogP contribution < -0.4 is 4.74 Å². The molecule has 0 fully saturated rings. The summed E-state index contributed by atoms with van der Waals surface area (Å²) in [5.74, 6) is 0.542. The number of nitrogens with zero attached hydrogens (tertiary/aromatic N) is 1. The fourth-order valence-corrected chi connectivity index (χ4v) is 3.14. The quantitative estimate of drug-likeness (QED) is 0.618. The van der Waals surface area contributed by atoms with Crippen LogP contribution in [0.2, 0.25) is 0 Å². The van der Waals surface area contributed by atoms with E-state index < -0.39 is 9.84 Å². The molecular formula is C20H17NO4S. The first kappa shape index (κ1) is 17.8. The molecule has 0 atom stereocenters.